The van der Waals surface area contributed by atoms with Gasteiger partial charge in [0, 0.05) is 38.9 Å². The van der Waals surface area contributed by atoms with E-state index in [-0.39, 0.29) is 18.0 Å². The van der Waals surface area contributed by atoms with Crippen molar-refractivity contribution in [3.8, 4) is 0 Å². The zero-order chi connectivity index (χ0) is 18.1. The lowest BCUT2D eigenvalue weighted by atomic mass is 10.0. The van der Waals surface area contributed by atoms with Gasteiger partial charge in [-0.3, -0.25) is 9.48 Å². The molecule has 8 nitrogen and oxygen atoms in total. The summed E-state index contributed by atoms with van der Waals surface area (Å²) in [5.41, 5.74) is 1.80. The summed E-state index contributed by atoms with van der Waals surface area (Å²) in [5.74, 6) is 1.06. The number of carbonyl (C=O) groups excluding carboxylic acids is 1. The van der Waals surface area contributed by atoms with Gasteiger partial charge < -0.3 is 15.1 Å². The van der Waals surface area contributed by atoms with Gasteiger partial charge >= 0.3 is 0 Å². The van der Waals surface area contributed by atoms with E-state index >= 15 is 0 Å². The van der Waals surface area contributed by atoms with Crippen LogP contribution in [-0.4, -0.2) is 57.6 Å². The van der Waals surface area contributed by atoms with Crippen LogP contribution in [0.2, 0.25) is 0 Å². The van der Waals surface area contributed by atoms with Crippen molar-refractivity contribution < 1.29 is 4.79 Å². The molecular formula is C18H25N7O. The third-order valence-electron chi connectivity index (χ3n) is 5.17. The lowest BCUT2D eigenvalue weighted by molar-refractivity contribution is -0.119. The molecule has 2 aromatic heterocycles. The molecular weight excluding hydrogens is 330 g/mol. The summed E-state index contributed by atoms with van der Waals surface area (Å²) in [5, 5.41) is 16.2. The molecule has 138 valence electrons. The smallest absolute Gasteiger partial charge is 0.244 e. The second-order valence-electron chi connectivity index (χ2n) is 7.19. The highest BCUT2D eigenvalue weighted by Crippen LogP contribution is 2.23. The van der Waals surface area contributed by atoms with E-state index in [1.165, 1.54) is 0 Å². The SMILES string of the molecule is Cc1ccc(N2CCCC(NC3CCN(c4cnn(C)c4)C3=O)C2)nn1. The minimum Gasteiger partial charge on any atom is -0.354 e. The molecule has 0 aliphatic carbocycles. The van der Waals surface area contributed by atoms with Crippen LogP contribution in [0.15, 0.2) is 24.5 Å². The number of rotatable bonds is 4. The molecule has 2 fully saturated rings. The van der Waals surface area contributed by atoms with Crippen LogP contribution < -0.4 is 15.1 Å². The summed E-state index contributed by atoms with van der Waals surface area (Å²) in [6.07, 6.45) is 6.62. The van der Waals surface area contributed by atoms with Crippen LogP contribution in [0.25, 0.3) is 0 Å². The zero-order valence-electron chi connectivity index (χ0n) is 15.3. The highest BCUT2D eigenvalue weighted by molar-refractivity contribution is 5.99. The Labute approximate surface area is 153 Å². The number of nitrogens with zero attached hydrogens (tertiary/aromatic N) is 6. The van der Waals surface area contributed by atoms with Gasteiger partial charge in [0.05, 0.1) is 23.6 Å². The minimum absolute atomic E-state index is 0.121. The number of hydrogen-bond acceptors (Lipinski definition) is 6. The van der Waals surface area contributed by atoms with Gasteiger partial charge in [0.25, 0.3) is 0 Å². The number of aromatic nitrogens is 4. The molecule has 26 heavy (non-hydrogen) atoms. The molecule has 2 saturated heterocycles. The van der Waals surface area contributed by atoms with E-state index in [1.807, 2.05) is 37.2 Å². The highest BCUT2D eigenvalue weighted by atomic mass is 16.2. The van der Waals surface area contributed by atoms with Gasteiger partial charge in [-0.1, -0.05) is 0 Å². The maximum absolute atomic E-state index is 12.8. The molecule has 0 radical (unpaired) electrons. The fourth-order valence-electron chi connectivity index (χ4n) is 3.80. The Morgan fingerprint density at radius 3 is 2.81 bits per heavy atom. The molecule has 4 heterocycles. The molecule has 4 rings (SSSR count). The first-order valence-electron chi connectivity index (χ1n) is 9.21. The van der Waals surface area contributed by atoms with Crippen molar-refractivity contribution in [2.24, 2.45) is 7.05 Å². The van der Waals surface area contributed by atoms with E-state index in [0.717, 1.165) is 56.1 Å². The summed E-state index contributed by atoms with van der Waals surface area (Å²) in [7, 11) is 1.87. The number of carbonyl (C=O) groups is 1. The Balaban J connectivity index is 1.38. The van der Waals surface area contributed by atoms with Crippen LogP contribution in [0.5, 0.6) is 0 Å². The predicted molar refractivity (Wildman–Crippen MR) is 99.1 cm³/mol. The second kappa shape index (κ2) is 7.03. The van der Waals surface area contributed by atoms with Crippen molar-refractivity contribution >= 4 is 17.4 Å². The Kier molecular flexibility index (Phi) is 4.58. The first-order chi connectivity index (χ1) is 12.6. The molecule has 1 amide bonds. The Hall–Kier alpha value is -2.48. The van der Waals surface area contributed by atoms with E-state index in [9.17, 15) is 4.79 Å². The first kappa shape index (κ1) is 17.0. The number of aryl methyl sites for hydroxylation is 2. The molecule has 2 unspecified atom stereocenters. The molecule has 0 bridgehead atoms. The van der Waals surface area contributed by atoms with Gasteiger partial charge in [0.1, 0.15) is 0 Å². The number of hydrogen-bond donors (Lipinski definition) is 1. The van der Waals surface area contributed by atoms with E-state index in [4.69, 9.17) is 0 Å². The summed E-state index contributed by atoms with van der Waals surface area (Å²) in [6.45, 7) is 4.52. The van der Waals surface area contributed by atoms with Crippen LogP contribution in [0.3, 0.4) is 0 Å². The van der Waals surface area contributed by atoms with Crippen LogP contribution in [-0.2, 0) is 11.8 Å². The molecule has 0 spiro atoms. The molecule has 0 aromatic carbocycles. The summed E-state index contributed by atoms with van der Waals surface area (Å²) in [4.78, 5) is 16.9. The van der Waals surface area contributed by atoms with Gasteiger partial charge in [-0.25, -0.2) is 0 Å². The zero-order valence-corrected chi connectivity index (χ0v) is 15.3. The number of amides is 1. The third kappa shape index (κ3) is 3.41. The summed E-state index contributed by atoms with van der Waals surface area (Å²) in [6, 6.07) is 4.18. The molecule has 1 N–H and O–H groups in total. The first-order valence-corrected chi connectivity index (χ1v) is 9.21. The number of piperidine rings is 1. The van der Waals surface area contributed by atoms with Gasteiger partial charge in [0.2, 0.25) is 5.91 Å². The van der Waals surface area contributed by atoms with Crippen LogP contribution in [0.4, 0.5) is 11.5 Å². The van der Waals surface area contributed by atoms with Crippen LogP contribution >= 0.6 is 0 Å². The fourth-order valence-corrected chi connectivity index (χ4v) is 3.80. The highest BCUT2D eigenvalue weighted by Gasteiger charge is 2.35. The third-order valence-corrected chi connectivity index (χ3v) is 5.17. The van der Waals surface area contributed by atoms with Crippen molar-refractivity contribution in [3.63, 3.8) is 0 Å². The maximum atomic E-state index is 12.8. The van der Waals surface area contributed by atoms with E-state index in [1.54, 1.807) is 10.9 Å². The van der Waals surface area contributed by atoms with Crippen LogP contribution in [0, 0.1) is 6.92 Å². The van der Waals surface area contributed by atoms with Crippen LogP contribution in [0.1, 0.15) is 25.0 Å². The van der Waals surface area contributed by atoms with Gasteiger partial charge in [-0.05, 0) is 38.3 Å². The molecule has 2 atom stereocenters. The van der Waals surface area contributed by atoms with Gasteiger partial charge in [-0.2, -0.15) is 10.2 Å². The van der Waals surface area contributed by atoms with E-state index in [0.29, 0.717) is 0 Å². The van der Waals surface area contributed by atoms with Gasteiger partial charge in [0.15, 0.2) is 5.82 Å². The van der Waals surface area contributed by atoms with Crippen molar-refractivity contribution in [3.05, 3.63) is 30.2 Å². The second-order valence-corrected chi connectivity index (χ2v) is 7.19. The Morgan fingerprint density at radius 1 is 1.19 bits per heavy atom. The Morgan fingerprint density at radius 2 is 2.08 bits per heavy atom. The van der Waals surface area contributed by atoms with Crippen molar-refractivity contribution in [2.45, 2.75) is 38.3 Å². The molecule has 2 aliphatic rings. The van der Waals surface area contributed by atoms with Crippen molar-refractivity contribution in [1.82, 2.24) is 25.3 Å². The monoisotopic (exact) mass is 355 g/mol. The maximum Gasteiger partial charge on any atom is 0.244 e. The fraction of sp³-hybridized carbons (Fsp3) is 0.556. The lowest BCUT2D eigenvalue weighted by Gasteiger charge is -2.34. The van der Waals surface area contributed by atoms with E-state index in [2.05, 4.69) is 25.5 Å². The minimum atomic E-state index is -0.121. The molecule has 2 aromatic rings. The normalized spacial score (nSPS) is 23.7. The molecule has 2 aliphatic heterocycles. The number of anilines is 2. The standard InChI is InChI=1S/C18H25N7O/c1-13-5-6-17(22-21-13)24-8-3-4-14(11-24)20-16-7-9-25(18(16)26)15-10-19-23(2)12-15/h5-6,10,12,14,16,20H,3-4,7-9,11H2,1-2H3. The summed E-state index contributed by atoms with van der Waals surface area (Å²) < 4.78 is 1.73. The summed E-state index contributed by atoms with van der Waals surface area (Å²) >= 11 is 0. The molecule has 0 saturated carbocycles. The average Bonchev–Trinajstić information content (AvgIpc) is 3.22. The topological polar surface area (TPSA) is 79.2 Å². The average molecular weight is 355 g/mol. The predicted octanol–water partition coefficient (Wildman–Crippen LogP) is 0.882. The van der Waals surface area contributed by atoms with Crippen molar-refractivity contribution in [1.29, 1.82) is 0 Å². The lowest BCUT2D eigenvalue weighted by Crippen LogP contribution is -2.51. The quantitative estimate of drug-likeness (QED) is 0.877. The van der Waals surface area contributed by atoms with Gasteiger partial charge in [-0.15, -0.1) is 5.10 Å². The Bertz CT molecular complexity index is 772. The molecule has 8 heteroatoms. The van der Waals surface area contributed by atoms with Crippen molar-refractivity contribution in [2.75, 3.05) is 29.4 Å². The number of nitrogens with one attached hydrogen (secondary N) is 1. The largest absolute Gasteiger partial charge is 0.354 e. The van der Waals surface area contributed by atoms with E-state index < -0.39 is 0 Å².